The first-order valence-corrected chi connectivity index (χ1v) is 10.6. The number of nitrogens with one attached hydrogen (secondary N) is 2. The molecule has 29 heavy (non-hydrogen) atoms. The third-order valence-corrected chi connectivity index (χ3v) is 6.08. The lowest BCUT2D eigenvalue weighted by Gasteiger charge is -2.06. The first-order valence-electron chi connectivity index (χ1n) is 8.68. The van der Waals surface area contributed by atoms with Gasteiger partial charge in [0.1, 0.15) is 11.8 Å². The fourth-order valence-electron chi connectivity index (χ4n) is 3.38. The van der Waals surface area contributed by atoms with E-state index in [1.807, 2.05) is 6.07 Å². The Labute approximate surface area is 165 Å². The number of H-pyrrole nitrogens is 2. The van der Waals surface area contributed by atoms with Gasteiger partial charge in [0.25, 0.3) is 5.56 Å². The molecule has 0 saturated heterocycles. The highest BCUT2D eigenvalue weighted by molar-refractivity contribution is 7.90. The highest BCUT2D eigenvalue weighted by Crippen LogP contribution is 2.55. The number of rotatable bonds is 4. The standard InChI is InChI=1S/C19H15N5O4S/c1-29(27,28)11-4-2-10(3-5-11)12-6-13(12)14-7-16(23-24-17(14)8-20)15-9-21-19(26)22-18(15)25/h2-5,7,9,12-13H,6H2,1H3,(H2,21,22,25,26)/t12-,13+/m1/s1. The topological polar surface area (TPSA) is 149 Å². The van der Waals surface area contributed by atoms with Gasteiger partial charge in [0.15, 0.2) is 15.5 Å². The minimum absolute atomic E-state index is 0.00447. The molecule has 2 aromatic heterocycles. The van der Waals surface area contributed by atoms with Gasteiger partial charge in [-0.1, -0.05) is 12.1 Å². The van der Waals surface area contributed by atoms with Gasteiger partial charge < -0.3 is 4.98 Å². The van der Waals surface area contributed by atoms with Gasteiger partial charge in [-0.3, -0.25) is 9.78 Å². The van der Waals surface area contributed by atoms with Gasteiger partial charge in [0.05, 0.1) is 10.5 Å². The van der Waals surface area contributed by atoms with E-state index in [0.29, 0.717) is 5.56 Å². The summed E-state index contributed by atoms with van der Waals surface area (Å²) in [7, 11) is -3.26. The number of nitriles is 1. The molecule has 1 fully saturated rings. The second-order valence-electron chi connectivity index (χ2n) is 6.92. The molecule has 0 unspecified atom stereocenters. The quantitative estimate of drug-likeness (QED) is 0.654. The molecule has 0 spiro atoms. The second-order valence-corrected chi connectivity index (χ2v) is 8.94. The van der Waals surface area contributed by atoms with Crippen LogP contribution < -0.4 is 11.2 Å². The number of nitrogens with zero attached hydrogens (tertiary/aromatic N) is 3. The van der Waals surface area contributed by atoms with Gasteiger partial charge in [0.2, 0.25) is 0 Å². The summed E-state index contributed by atoms with van der Waals surface area (Å²) in [4.78, 5) is 28.0. The Morgan fingerprint density at radius 2 is 1.86 bits per heavy atom. The van der Waals surface area contributed by atoms with Gasteiger partial charge in [-0.2, -0.15) is 5.26 Å². The third kappa shape index (κ3) is 3.60. The molecule has 146 valence electrons. The molecule has 0 aliphatic heterocycles. The van der Waals surface area contributed by atoms with Crippen molar-refractivity contribution in [1.29, 1.82) is 5.26 Å². The van der Waals surface area contributed by atoms with E-state index < -0.39 is 21.1 Å². The lowest BCUT2D eigenvalue weighted by atomic mass is 10.0. The number of hydrogen-bond acceptors (Lipinski definition) is 7. The van der Waals surface area contributed by atoms with E-state index in [2.05, 4.69) is 20.2 Å². The van der Waals surface area contributed by atoms with Crippen molar-refractivity contribution in [3.8, 4) is 17.3 Å². The van der Waals surface area contributed by atoms with E-state index in [1.54, 1.807) is 30.3 Å². The van der Waals surface area contributed by atoms with Crippen LogP contribution in [0.25, 0.3) is 11.3 Å². The first kappa shape index (κ1) is 18.8. The molecular formula is C19H15N5O4S. The summed E-state index contributed by atoms with van der Waals surface area (Å²) in [6, 6.07) is 10.4. The molecule has 0 amide bonds. The molecule has 1 aromatic carbocycles. The molecule has 2 atom stereocenters. The van der Waals surface area contributed by atoms with Crippen LogP contribution in [0.5, 0.6) is 0 Å². The fourth-order valence-corrected chi connectivity index (χ4v) is 4.01. The third-order valence-electron chi connectivity index (χ3n) is 4.95. The van der Waals surface area contributed by atoms with E-state index in [1.165, 1.54) is 6.20 Å². The molecule has 0 bridgehead atoms. The van der Waals surface area contributed by atoms with Crippen molar-refractivity contribution < 1.29 is 8.42 Å². The summed E-state index contributed by atoms with van der Waals surface area (Å²) in [5, 5.41) is 17.3. The maximum absolute atomic E-state index is 12.0. The van der Waals surface area contributed by atoms with Crippen molar-refractivity contribution >= 4 is 9.84 Å². The molecule has 0 radical (unpaired) electrons. The SMILES string of the molecule is CS(=O)(=O)c1ccc([C@H]2C[C@@H]2c2cc(-c3c[nH]c(=O)[nH]c3=O)nnc2C#N)cc1. The van der Waals surface area contributed by atoms with Crippen LogP contribution in [-0.2, 0) is 9.84 Å². The van der Waals surface area contributed by atoms with Crippen molar-refractivity contribution in [2.75, 3.05) is 6.26 Å². The Bertz CT molecular complexity index is 1370. The van der Waals surface area contributed by atoms with E-state index in [4.69, 9.17) is 0 Å². The zero-order chi connectivity index (χ0) is 20.8. The molecule has 3 aromatic rings. The van der Waals surface area contributed by atoms with E-state index >= 15 is 0 Å². The van der Waals surface area contributed by atoms with Crippen LogP contribution in [0.15, 0.2) is 51.0 Å². The largest absolute Gasteiger partial charge is 0.325 e. The molecule has 10 heteroatoms. The lowest BCUT2D eigenvalue weighted by molar-refractivity contribution is 0.602. The summed E-state index contributed by atoms with van der Waals surface area (Å²) in [5.41, 5.74) is 0.997. The van der Waals surface area contributed by atoms with E-state index in [-0.39, 0.29) is 33.7 Å². The van der Waals surface area contributed by atoms with Gasteiger partial charge in [-0.05, 0) is 47.6 Å². The monoisotopic (exact) mass is 409 g/mol. The van der Waals surface area contributed by atoms with Crippen LogP contribution in [-0.4, -0.2) is 34.8 Å². The Morgan fingerprint density at radius 1 is 1.14 bits per heavy atom. The molecule has 1 aliphatic carbocycles. The molecule has 4 rings (SSSR count). The minimum atomic E-state index is -3.26. The number of benzene rings is 1. The number of aromatic amines is 2. The predicted octanol–water partition coefficient (Wildman–Crippen LogP) is 1.07. The summed E-state index contributed by atoms with van der Waals surface area (Å²) in [6.45, 7) is 0. The number of aromatic nitrogens is 4. The van der Waals surface area contributed by atoms with Crippen molar-refractivity contribution in [1.82, 2.24) is 20.2 Å². The highest BCUT2D eigenvalue weighted by atomic mass is 32.2. The summed E-state index contributed by atoms with van der Waals surface area (Å²) in [6.07, 6.45) is 3.18. The minimum Gasteiger partial charge on any atom is -0.313 e. The average Bonchev–Trinajstić information content (AvgIpc) is 3.48. The molecule has 2 N–H and O–H groups in total. The average molecular weight is 409 g/mol. The van der Waals surface area contributed by atoms with Crippen LogP contribution in [0.1, 0.15) is 35.1 Å². The molecule has 1 aliphatic rings. The first-order chi connectivity index (χ1) is 13.8. The summed E-state index contributed by atoms with van der Waals surface area (Å²) < 4.78 is 23.2. The number of sulfone groups is 1. The van der Waals surface area contributed by atoms with E-state index in [0.717, 1.165) is 18.2 Å². The van der Waals surface area contributed by atoms with Gasteiger partial charge >= 0.3 is 5.69 Å². The van der Waals surface area contributed by atoms with Crippen LogP contribution in [0.4, 0.5) is 0 Å². The second kappa shape index (κ2) is 6.79. The maximum atomic E-state index is 12.0. The van der Waals surface area contributed by atoms with Crippen molar-refractivity contribution in [2.24, 2.45) is 0 Å². The van der Waals surface area contributed by atoms with Gasteiger partial charge in [0, 0.05) is 12.5 Å². The van der Waals surface area contributed by atoms with Gasteiger partial charge in [-0.25, -0.2) is 13.2 Å². The number of hydrogen-bond donors (Lipinski definition) is 2. The predicted molar refractivity (Wildman–Crippen MR) is 103 cm³/mol. The normalized spacial score (nSPS) is 18.2. The zero-order valence-corrected chi connectivity index (χ0v) is 16.0. The van der Waals surface area contributed by atoms with Crippen LogP contribution in [0.3, 0.4) is 0 Å². The van der Waals surface area contributed by atoms with Crippen molar-refractivity contribution in [2.45, 2.75) is 23.2 Å². The Balaban J connectivity index is 1.68. The summed E-state index contributed by atoms with van der Waals surface area (Å²) >= 11 is 0. The van der Waals surface area contributed by atoms with Crippen molar-refractivity contribution in [3.05, 3.63) is 74.2 Å². The lowest BCUT2D eigenvalue weighted by Crippen LogP contribution is -2.23. The Hall–Kier alpha value is -3.58. The van der Waals surface area contributed by atoms with E-state index in [9.17, 15) is 23.3 Å². The zero-order valence-electron chi connectivity index (χ0n) is 15.2. The van der Waals surface area contributed by atoms with Crippen LogP contribution in [0.2, 0.25) is 0 Å². The Kier molecular flexibility index (Phi) is 4.39. The summed E-state index contributed by atoms with van der Waals surface area (Å²) in [5.74, 6) is 0.117. The molecular weight excluding hydrogens is 394 g/mol. The van der Waals surface area contributed by atoms with Crippen molar-refractivity contribution in [3.63, 3.8) is 0 Å². The molecule has 2 heterocycles. The fraction of sp³-hybridized carbons (Fsp3) is 0.211. The molecule has 1 saturated carbocycles. The smallest absolute Gasteiger partial charge is 0.313 e. The Morgan fingerprint density at radius 3 is 2.48 bits per heavy atom. The van der Waals surface area contributed by atoms with Gasteiger partial charge in [-0.15, -0.1) is 10.2 Å². The maximum Gasteiger partial charge on any atom is 0.325 e. The van der Waals surface area contributed by atoms with Crippen LogP contribution in [0, 0.1) is 11.3 Å². The molecule has 9 nitrogen and oxygen atoms in total. The highest BCUT2D eigenvalue weighted by Gasteiger charge is 2.41. The van der Waals surface area contributed by atoms with Crippen LogP contribution >= 0.6 is 0 Å².